The van der Waals surface area contributed by atoms with Crippen LogP contribution in [0.2, 0.25) is 0 Å². The molecule has 1 spiro atoms. The molecule has 12 aromatic carbocycles. The van der Waals surface area contributed by atoms with Gasteiger partial charge in [-0.25, -0.2) is 0 Å². The minimum Gasteiger partial charge on any atom is -0.310 e. The van der Waals surface area contributed by atoms with Crippen molar-refractivity contribution in [2.24, 2.45) is 0 Å². The second kappa shape index (κ2) is 15.1. The van der Waals surface area contributed by atoms with E-state index in [4.69, 9.17) is 0 Å². The zero-order chi connectivity index (χ0) is 44.8. The maximum Gasteiger partial charge on any atom is 0.0725 e. The molecule has 0 fully saturated rings. The second-order valence-electron chi connectivity index (χ2n) is 18.3. The maximum absolute atomic E-state index is 2.42. The lowest BCUT2D eigenvalue weighted by Crippen LogP contribution is -2.25. The van der Waals surface area contributed by atoms with Crippen LogP contribution in [-0.2, 0) is 5.41 Å². The lowest BCUT2D eigenvalue weighted by atomic mass is 9.70. The molecule has 0 amide bonds. The van der Waals surface area contributed by atoms with Gasteiger partial charge in [-0.15, -0.1) is 0 Å². The van der Waals surface area contributed by atoms with Crippen molar-refractivity contribution in [1.29, 1.82) is 0 Å². The van der Waals surface area contributed by atoms with Gasteiger partial charge >= 0.3 is 0 Å². The minimum atomic E-state index is -0.381. The summed E-state index contributed by atoms with van der Waals surface area (Å²) in [4.78, 5) is 2.42. The lowest BCUT2D eigenvalue weighted by Gasteiger charge is -2.30. The highest BCUT2D eigenvalue weighted by atomic mass is 15.1. The van der Waals surface area contributed by atoms with Crippen LogP contribution in [-0.4, -0.2) is 0 Å². The molecular formula is C67H43N. The summed E-state index contributed by atoms with van der Waals surface area (Å²) in [6.07, 6.45) is 0. The van der Waals surface area contributed by atoms with Gasteiger partial charge in [0.25, 0.3) is 0 Å². The Hall–Kier alpha value is -8.78. The average Bonchev–Trinajstić information content (AvgIpc) is 3.90. The van der Waals surface area contributed by atoms with Gasteiger partial charge in [-0.2, -0.15) is 0 Å². The molecule has 1 heteroatoms. The molecule has 2 aliphatic rings. The Morgan fingerprint density at radius 3 is 1.15 bits per heavy atom. The predicted molar refractivity (Wildman–Crippen MR) is 286 cm³/mol. The highest BCUT2D eigenvalue weighted by Crippen LogP contribution is 2.64. The third-order valence-electron chi connectivity index (χ3n) is 14.9. The Bertz CT molecular complexity index is 3860. The Balaban J connectivity index is 0.911. The van der Waals surface area contributed by atoms with Crippen molar-refractivity contribution in [2.45, 2.75) is 5.41 Å². The largest absolute Gasteiger partial charge is 0.310 e. The number of hydrogen-bond donors (Lipinski definition) is 0. The standard InChI is InChI=1S/C67H43N/c1-2-15-44(16-3-1)45-29-31-46(32-30-45)47-33-37-49(38-34-47)68(51-41-42-57-55-19-5-4-17-53(55)54-18-6-7-20-56(54)61(57)43-51)50-39-35-48(36-40-50)52-24-14-28-65-66(52)60-23-10-13-27-64(60)67(65)62-25-11-8-21-58(62)59-22-9-12-26-63(59)67/h1-43H. The third-order valence-corrected chi connectivity index (χ3v) is 14.9. The van der Waals surface area contributed by atoms with Crippen LogP contribution >= 0.6 is 0 Å². The van der Waals surface area contributed by atoms with Gasteiger partial charge < -0.3 is 4.90 Å². The Kier molecular flexibility index (Phi) is 8.57. The monoisotopic (exact) mass is 861 g/mol. The molecule has 0 radical (unpaired) electrons. The van der Waals surface area contributed by atoms with E-state index < -0.39 is 0 Å². The summed E-state index contributed by atoms with van der Waals surface area (Å²) < 4.78 is 0. The maximum atomic E-state index is 2.42. The molecule has 14 rings (SSSR count). The molecule has 0 aromatic heterocycles. The number of benzene rings is 12. The molecule has 0 saturated carbocycles. The second-order valence-corrected chi connectivity index (χ2v) is 18.3. The van der Waals surface area contributed by atoms with Gasteiger partial charge in [0.1, 0.15) is 0 Å². The van der Waals surface area contributed by atoms with E-state index in [1.807, 2.05) is 0 Å². The minimum absolute atomic E-state index is 0.381. The van der Waals surface area contributed by atoms with E-state index in [2.05, 4.69) is 266 Å². The van der Waals surface area contributed by atoms with Gasteiger partial charge in [-0.3, -0.25) is 0 Å². The van der Waals surface area contributed by atoms with Crippen LogP contribution in [0.15, 0.2) is 261 Å². The van der Waals surface area contributed by atoms with Gasteiger partial charge in [0.2, 0.25) is 0 Å². The molecule has 68 heavy (non-hydrogen) atoms. The molecule has 0 bridgehead atoms. The molecule has 0 saturated heterocycles. The topological polar surface area (TPSA) is 3.24 Å². The number of hydrogen-bond acceptors (Lipinski definition) is 1. The fraction of sp³-hybridized carbons (Fsp3) is 0.0149. The van der Waals surface area contributed by atoms with Crippen molar-refractivity contribution in [2.75, 3.05) is 4.90 Å². The van der Waals surface area contributed by atoms with Crippen LogP contribution < -0.4 is 4.90 Å². The van der Waals surface area contributed by atoms with Crippen molar-refractivity contribution >= 4 is 49.4 Å². The van der Waals surface area contributed by atoms with E-state index in [1.54, 1.807) is 0 Å². The van der Waals surface area contributed by atoms with E-state index in [0.717, 1.165) is 17.1 Å². The molecule has 0 atom stereocenters. The van der Waals surface area contributed by atoms with Crippen molar-refractivity contribution in [3.8, 4) is 55.6 Å². The van der Waals surface area contributed by atoms with Crippen LogP contribution in [0.4, 0.5) is 17.1 Å². The zero-order valence-corrected chi connectivity index (χ0v) is 37.3. The van der Waals surface area contributed by atoms with Crippen molar-refractivity contribution in [3.63, 3.8) is 0 Å². The van der Waals surface area contributed by atoms with E-state index in [9.17, 15) is 0 Å². The SMILES string of the molecule is c1ccc(-c2ccc(-c3ccc(N(c4ccc(-c5cccc6c5-c5ccccc5C65c6ccccc6-c6ccccc65)cc4)c4ccc5c6ccccc6c6ccccc6c5c4)cc3)cc2)cc1. The molecule has 2 aliphatic carbocycles. The number of rotatable bonds is 6. The van der Waals surface area contributed by atoms with Crippen molar-refractivity contribution < 1.29 is 0 Å². The number of anilines is 3. The Labute approximate surface area is 396 Å². The lowest BCUT2D eigenvalue weighted by molar-refractivity contribution is 0.794. The summed E-state index contributed by atoms with van der Waals surface area (Å²) in [5.41, 5.74) is 20.9. The summed E-state index contributed by atoms with van der Waals surface area (Å²) in [6, 6.07) is 96.7. The van der Waals surface area contributed by atoms with Gasteiger partial charge in [0.05, 0.1) is 5.41 Å². The van der Waals surface area contributed by atoms with Crippen molar-refractivity contribution in [3.05, 3.63) is 283 Å². The zero-order valence-electron chi connectivity index (χ0n) is 37.3. The van der Waals surface area contributed by atoms with Gasteiger partial charge in [-0.1, -0.05) is 224 Å². The van der Waals surface area contributed by atoms with Gasteiger partial charge in [-0.05, 0) is 147 Å². The predicted octanol–water partition coefficient (Wildman–Crippen LogP) is 18.0. The summed E-state index contributed by atoms with van der Waals surface area (Å²) in [7, 11) is 0. The molecule has 0 aliphatic heterocycles. The van der Waals surface area contributed by atoms with Gasteiger partial charge in [0, 0.05) is 17.1 Å². The molecule has 0 heterocycles. The smallest absolute Gasteiger partial charge is 0.0725 e. The van der Waals surface area contributed by atoms with Crippen LogP contribution in [0.3, 0.4) is 0 Å². The van der Waals surface area contributed by atoms with Crippen molar-refractivity contribution in [1.82, 2.24) is 0 Å². The van der Waals surface area contributed by atoms with Crippen LogP contribution in [0.1, 0.15) is 22.3 Å². The van der Waals surface area contributed by atoms with E-state index in [-0.39, 0.29) is 5.41 Å². The summed E-state index contributed by atoms with van der Waals surface area (Å²) in [6.45, 7) is 0. The highest BCUT2D eigenvalue weighted by molar-refractivity contribution is 6.25. The molecule has 316 valence electrons. The first-order valence-corrected chi connectivity index (χ1v) is 23.7. The van der Waals surface area contributed by atoms with E-state index in [0.29, 0.717) is 0 Å². The Morgan fingerprint density at radius 2 is 0.588 bits per heavy atom. The first kappa shape index (κ1) is 38.5. The summed E-state index contributed by atoms with van der Waals surface area (Å²) in [5, 5.41) is 7.60. The third kappa shape index (κ3) is 5.63. The van der Waals surface area contributed by atoms with Crippen LogP contribution in [0.25, 0.3) is 88.0 Å². The van der Waals surface area contributed by atoms with Gasteiger partial charge in [0.15, 0.2) is 0 Å². The van der Waals surface area contributed by atoms with E-state index >= 15 is 0 Å². The van der Waals surface area contributed by atoms with Crippen LogP contribution in [0, 0.1) is 0 Å². The normalized spacial score (nSPS) is 12.8. The Morgan fingerprint density at radius 1 is 0.221 bits per heavy atom. The first-order chi connectivity index (χ1) is 33.7. The molecular weight excluding hydrogens is 819 g/mol. The average molecular weight is 862 g/mol. The highest BCUT2D eigenvalue weighted by Gasteiger charge is 2.51. The molecule has 1 nitrogen and oxygen atoms in total. The fourth-order valence-electron chi connectivity index (χ4n) is 11.9. The summed E-state index contributed by atoms with van der Waals surface area (Å²) >= 11 is 0. The van der Waals surface area contributed by atoms with Crippen LogP contribution in [0.5, 0.6) is 0 Å². The van der Waals surface area contributed by atoms with E-state index in [1.165, 1.54) is 110 Å². The number of nitrogens with zero attached hydrogens (tertiary/aromatic N) is 1. The molecule has 0 N–H and O–H groups in total. The first-order valence-electron chi connectivity index (χ1n) is 23.7. The fourth-order valence-corrected chi connectivity index (χ4v) is 11.9. The quantitative estimate of drug-likeness (QED) is 0.151. The molecule has 0 unspecified atom stereocenters. The number of fused-ring (bicyclic) bond motifs is 16. The molecule has 12 aromatic rings. The summed E-state index contributed by atoms with van der Waals surface area (Å²) in [5.74, 6) is 0.